The zero-order valence-corrected chi connectivity index (χ0v) is 21.5. The van der Waals surface area contributed by atoms with Gasteiger partial charge in [0, 0.05) is 13.6 Å². The van der Waals surface area contributed by atoms with Crippen LogP contribution in [0.15, 0.2) is 77.7 Å². The molecule has 9 heteroatoms. The van der Waals surface area contributed by atoms with Gasteiger partial charge in [-0.15, -0.1) is 0 Å². The van der Waals surface area contributed by atoms with Crippen LogP contribution < -0.4 is 9.62 Å². The summed E-state index contributed by atoms with van der Waals surface area (Å²) >= 11 is 0. The van der Waals surface area contributed by atoms with E-state index < -0.39 is 40.2 Å². The van der Waals surface area contributed by atoms with E-state index in [-0.39, 0.29) is 11.4 Å². The van der Waals surface area contributed by atoms with Crippen LogP contribution in [0, 0.1) is 19.7 Å². The fraction of sp³-hybridized carbons (Fsp3) is 0.259. The number of aryl methyl sites for hydroxylation is 2. The van der Waals surface area contributed by atoms with Crippen molar-refractivity contribution in [3.63, 3.8) is 0 Å². The SMILES string of the molecule is CNC(=O)[C@@H](C)N(Cc1ccc(F)cc1)C(=O)CN(c1cc(C)cc(C)c1)S(=O)(=O)c1ccccc1. The van der Waals surface area contributed by atoms with Crippen molar-refractivity contribution in [1.82, 2.24) is 10.2 Å². The van der Waals surface area contributed by atoms with Crippen molar-refractivity contribution in [3.8, 4) is 0 Å². The Kier molecular flexibility index (Phi) is 8.47. The number of benzene rings is 3. The molecule has 1 N–H and O–H groups in total. The molecule has 0 saturated carbocycles. The molecule has 3 rings (SSSR count). The van der Waals surface area contributed by atoms with Gasteiger partial charge in [0.25, 0.3) is 10.0 Å². The summed E-state index contributed by atoms with van der Waals surface area (Å²) in [6.07, 6.45) is 0. The van der Waals surface area contributed by atoms with Gasteiger partial charge >= 0.3 is 0 Å². The molecule has 0 aliphatic carbocycles. The van der Waals surface area contributed by atoms with Crippen LogP contribution in [-0.2, 0) is 26.2 Å². The second-order valence-electron chi connectivity index (χ2n) is 8.61. The number of likely N-dealkylation sites (N-methyl/N-ethyl adjacent to an activating group) is 1. The molecule has 0 fully saturated rings. The Labute approximate surface area is 211 Å². The van der Waals surface area contributed by atoms with Crippen molar-refractivity contribution in [1.29, 1.82) is 0 Å². The maximum atomic E-state index is 13.7. The smallest absolute Gasteiger partial charge is 0.264 e. The molecular weight excluding hydrogens is 481 g/mol. The van der Waals surface area contributed by atoms with Gasteiger partial charge in [-0.2, -0.15) is 0 Å². The first kappa shape index (κ1) is 26.9. The first-order valence-corrected chi connectivity index (χ1v) is 12.9. The first-order valence-electron chi connectivity index (χ1n) is 11.4. The van der Waals surface area contributed by atoms with Gasteiger partial charge in [0.1, 0.15) is 18.4 Å². The highest BCUT2D eigenvalue weighted by molar-refractivity contribution is 7.92. The number of rotatable bonds is 9. The van der Waals surface area contributed by atoms with Gasteiger partial charge in [-0.05, 0) is 73.9 Å². The summed E-state index contributed by atoms with van der Waals surface area (Å²) in [6, 6.07) is 17.9. The summed E-state index contributed by atoms with van der Waals surface area (Å²) in [5.74, 6) is -1.41. The maximum absolute atomic E-state index is 13.7. The summed E-state index contributed by atoms with van der Waals surface area (Å²) in [5.41, 5.74) is 2.63. The number of carbonyl (C=O) groups excluding carboxylic acids is 2. The Balaban J connectivity index is 2.05. The third-order valence-corrected chi connectivity index (χ3v) is 7.57. The molecule has 0 saturated heterocycles. The van der Waals surface area contributed by atoms with E-state index in [1.54, 1.807) is 37.3 Å². The van der Waals surface area contributed by atoms with Crippen molar-refractivity contribution in [2.75, 3.05) is 17.9 Å². The zero-order chi connectivity index (χ0) is 26.5. The summed E-state index contributed by atoms with van der Waals surface area (Å²) in [6.45, 7) is 4.73. The number of hydrogen-bond donors (Lipinski definition) is 1. The van der Waals surface area contributed by atoms with E-state index in [0.717, 1.165) is 15.4 Å². The van der Waals surface area contributed by atoms with E-state index in [2.05, 4.69) is 5.32 Å². The maximum Gasteiger partial charge on any atom is 0.264 e. The minimum atomic E-state index is -4.11. The molecule has 2 amide bonds. The molecule has 0 aromatic heterocycles. The molecule has 0 aliphatic rings. The standard InChI is InChI=1S/C27H30FN3O4S/c1-19-14-20(2)16-24(15-19)31(36(34,35)25-8-6-5-7-9-25)18-26(32)30(21(3)27(33)29-4)17-22-10-12-23(28)13-11-22/h5-16,21H,17-18H2,1-4H3,(H,29,33)/t21-/m1/s1. The van der Waals surface area contributed by atoms with Crippen molar-refractivity contribution >= 4 is 27.5 Å². The molecule has 0 bridgehead atoms. The third kappa shape index (κ3) is 6.28. The average molecular weight is 512 g/mol. The lowest BCUT2D eigenvalue weighted by atomic mass is 10.1. The van der Waals surface area contributed by atoms with Crippen molar-refractivity contribution in [2.24, 2.45) is 0 Å². The van der Waals surface area contributed by atoms with Crippen molar-refractivity contribution < 1.29 is 22.4 Å². The largest absolute Gasteiger partial charge is 0.357 e. The van der Waals surface area contributed by atoms with Crippen LogP contribution in [0.3, 0.4) is 0 Å². The van der Waals surface area contributed by atoms with E-state index in [0.29, 0.717) is 11.3 Å². The van der Waals surface area contributed by atoms with Crippen LogP contribution >= 0.6 is 0 Å². The fourth-order valence-electron chi connectivity index (χ4n) is 3.92. The van der Waals surface area contributed by atoms with E-state index >= 15 is 0 Å². The highest BCUT2D eigenvalue weighted by Gasteiger charge is 2.32. The number of amides is 2. The fourth-order valence-corrected chi connectivity index (χ4v) is 5.34. The molecule has 36 heavy (non-hydrogen) atoms. The molecule has 1 atom stereocenters. The van der Waals surface area contributed by atoms with Crippen LogP contribution in [0.2, 0.25) is 0 Å². The lowest BCUT2D eigenvalue weighted by Gasteiger charge is -2.32. The van der Waals surface area contributed by atoms with Crippen LogP contribution in [0.5, 0.6) is 0 Å². The molecule has 0 radical (unpaired) electrons. The highest BCUT2D eigenvalue weighted by Crippen LogP contribution is 2.26. The monoisotopic (exact) mass is 511 g/mol. The normalized spacial score (nSPS) is 12.0. The van der Waals surface area contributed by atoms with Crippen molar-refractivity contribution in [3.05, 3.63) is 95.3 Å². The summed E-state index contributed by atoms with van der Waals surface area (Å²) < 4.78 is 41.9. The molecular formula is C27H30FN3O4S. The number of halogens is 1. The highest BCUT2D eigenvalue weighted by atomic mass is 32.2. The Morgan fingerprint density at radius 3 is 2.08 bits per heavy atom. The van der Waals surface area contributed by atoms with Gasteiger partial charge in [-0.25, -0.2) is 12.8 Å². The molecule has 190 valence electrons. The Morgan fingerprint density at radius 2 is 1.53 bits per heavy atom. The van der Waals surface area contributed by atoms with Gasteiger partial charge in [-0.1, -0.05) is 36.4 Å². The second kappa shape index (κ2) is 11.3. The van der Waals surface area contributed by atoms with Crippen LogP contribution in [0.1, 0.15) is 23.6 Å². The minimum Gasteiger partial charge on any atom is -0.357 e. The predicted octanol–water partition coefficient (Wildman–Crippen LogP) is 3.80. The molecule has 0 heterocycles. The third-order valence-electron chi connectivity index (χ3n) is 5.78. The molecule has 7 nitrogen and oxygen atoms in total. The number of anilines is 1. The molecule has 3 aromatic carbocycles. The van der Waals surface area contributed by atoms with Gasteiger partial charge < -0.3 is 10.2 Å². The zero-order valence-electron chi connectivity index (χ0n) is 20.7. The Hall–Kier alpha value is -3.72. The second-order valence-corrected chi connectivity index (χ2v) is 10.5. The van der Waals surface area contributed by atoms with E-state index in [4.69, 9.17) is 0 Å². The number of hydrogen-bond acceptors (Lipinski definition) is 4. The summed E-state index contributed by atoms with van der Waals surface area (Å²) in [4.78, 5) is 27.5. The van der Waals surface area contributed by atoms with Crippen LogP contribution in [0.4, 0.5) is 10.1 Å². The van der Waals surface area contributed by atoms with Gasteiger partial charge in [0.05, 0.1) is 10.6 Å². The Bertz CT molecular complexity index is 1310. The predicted molar refractivity (Wildman–Crippen MR) is 137 cm³/mol. The van der Waals surface area contributed by atoms with Gasteiger partial charge in [0.15, 0.2) is 0 Å². The Morgan fingerprint density at radius 1 is 0.944 bits per heavy atom. The molecule has 0 spiro atoms. The number of nitrogens with zero attached hydrogens (tertiary/aromatic N) is 2. The van der Waals surface area contributed by atoms with E-state index in [9.17, 15) is 22.4 Å². The van der Waals surface area contributed by atoms with Gasteiger partial charge in [0.2, 0.25) is 11.8 Å². The number of nitrogens with one attached hydrogen (secondary N) is 1. The van der Waals surface area contributed by atoms with Crippen molar-refractivity contribution in [2.45, 2.75) is 38.3 Å². The van der Waals surface area contributed by atoms with Gasteiger partial charge in [-0.3, -0.25) is 13.9 Å². The minimum absolute atomic E-state index is 0.000228. The molecule has 0 aliphatic heterocycles. The van der Waals surface area contributed by atoms with Crippen LogP contribution in [0.25, 0.3) is 0 Å². The summed E-state index contributed by atoms with van der Waals surface area (Å²) in [5, 5.41) is 2.53. The van der Waals surface area contributed by atoms with E-state index in [1.807, 2.05) is 19.9 Å². The number of sulfonamides is 1. The lowest BCUT2D eigenvalue weighted by Crippen LogP contribution is -2.50. The van der Waals surface area contributed by atoms with E-state index in [1.165, 1.54) is 48.3 Å². The number of carbonyl (C=O) groups is 2. The van der Waals surface area contributed by atoms with Crippen LogP contribution in [-0.4, -0.2) is 44.8 Å². The quantitative estimate of drug-likeness (QED) is 0.474. The average Bonchev–Trinajstić information content (AvgIpc) is 2.85. The molecule has 3 aromatic rings. The molecule has 0 unspecified atom stereocenters. The summed E-state index contributed by atoms with van der Waals surface area (Å²) in [7, 11) is -2.65. The first-order chi connectivity index (χ1) is 17.0. The topological polar surface area (TPSA) is 86.8 Å². The lowest BCUT2D eigenvalue weighted by molar-refractivity contribution is -0.139.